The fraction of sp³-hybridized carbons (Fsp3) is 1.00. The van der Waals surface area contributed by atoms with Crippen LogP contribution < -0.4 is 5.73 Å². The first-order chi connectivity index (χ1) is 9.74. The lowest BCUT2D eigenvalue weighted by molar-refractivity contribution is -0.155. The molecule has 124 valence electrons. The van der Waals surface area contributed by atoms with Gasteiger partial charge < -0.3 is 10.5 Å². The molecule has 2 saturated heterocycles. The second-order valence-corrected chi connectivity index (χ2v) is 6.47. The minimum Gasteiger partial charge on any atom is -0.375 e. The van der Waals surface area contributed by atoms with E-state index in [1.54, 1.807) is 0 Å². The maximum Gasteiger partial charge on any atom is 0.401 e. The molecule has 4 nitrogen and oxygen atoms in total. The molecular formula is C14H26F3N3O. The Labute approximate surface area is 124 Å². The number of piperazine rings is 1. The molecule has 2 rings (SSSR count). The van der Waals surface area contributed by atoms with Gasteiger partial charge in [-0.2, -0.15) is 13.2 Å². The first kappa shape index (κ1) is 17.0. The Balaban J connectivity index is 1.96. The molecule has 2 fully saturated rings. The van der Waals surface area contributed by atoms with Gasteiger partial charge in [0.15, 0.2) is 0 Å². The molecule has 0 amide bonds. The van der Waals surface area contributed by atoms with Crippen molar-refractivity contribution >= 4 is 0 Å². The number of hydrogen-bond donors (Lipinski definition) is 1. The van der Waals surface area contributed by atoms with Crippen LogP contribution in [0.25, 0.3) is 0 Å². The molecule has 0 aliphatic carbocycles. The first-order valence-electron chi connectivity index (χ1n) is 7.64. The third-order valence-corrected chi connectivity index (χ3v) is 4.63. The van der Waals surface area contributed by atoms with E-state index in [4.69, 9.17) is 10.5 Å². The number of hydrogen-bond acceptors (Lipinski definition) is 4. The smallest absolute Gasteiger partial charge is 0.375 e. The van der Waals surface area contributed by atoms with Crippen molar-refractivity contribution in [3.63, 3.8) is 0 Å². The number of rotatable bonds is 3. The van der Waals surface area contributed by atoms with Gasteiger partial charge in [0.2, 0.25) is 0 Å². The van der Waals surface area contributed by atoms with E-state index in [1.165, 1.54) is 4.90 Å². The second kappa shape index (κ2) is 6.40. The molecular weight excluding hydrogens is 283 g/mol. The van der Waals surface area contributed by atoms with Gasteiger partial charge in [-0.25, -0.2) is 0 Å². The van der Waals surface area contributed by atoms with E-state index in [0.717, 1.165) is 12.8 Å². The molecule has 2 N–H and O–H groups in total. The van der Waals surface area contributed by atoms with E-state index in [2.05, 4.69) is 4.90 Å². The van der Waals surface area contributed by atoms with Gasteiger partial charge in [-0.1, -0.05) is 0 Å². The maximum atomic E-state index is 12.4. The molecule has 0 radical (unpaired) electrons. The summed E-state index contributed by atoms with van der Waals surface area (Å²) in [5.41, 5.74) is 5.92. The number of halogens is 3. The molecule has 2 aliphatic heterocycles. The van der Waals surface area contributed by atoms with E-state index in [0.29, 0.717) is 32.7 Å². The van der Waals surface area contributed by atoms with Crippen molar-refractivity contribution in [2.24, 2.45) is 5.73 Å². The van der Waals surface area contributed by atoms with Crippen LogP contribution >= 0.6 is 0 Å². The molecule has 0 bridgehead atoms. The fourth-order valence-corrected chi connectivity index (χ4v) is 3.83. The summed E-state index contributed by atoms with van der Waals surface area (Å²) in [4.78, 5) is 3.77. The minimum atomic E-state index is -4.12. The number of nitrogens with two attached hydrogens (primary N) is 1. The van der Waals surface area contributed by atoms with Gasteiger partial charge >= 0.3 is 6.18 Å². The van der Waals surface area contributed by atoms with Gasteiger partial charge in [0.05, 0.1) is 18.8 Å². The summed E-state index contributed by atoms with van der Waals surface area (Å²) in [7, 11) is 0. The molecule has 0 aromatic carbocycles. The molecule has 0 saturated carbocycles. The largest absolute Gasteiger partial charge is 0.401 e. The van der Waals surface area contributed by atoms with E-state index < -0.39 is 12.7 Å². The number of ether oxygens (including phenoxy) is 1. The molecule has 0 aromatic rings. The van der Waals surface area contributed by atoms with Crippen LogP contribution in [0.1, 0.15) is 26.7 Å². The molecule has 7 heteroatoms. The average molecular weight is 309 g/mol. The molecule has 2 heterocycles. The Morgan fingerprint density at radius 1 is 1.10 bits per heavy atom. The van der Waals surface area contributed by atoms with Gasteiger partial charge in [0.1, 0.15) is 0 Å². The first-order valence-corrected chi connectivity index (χ1v) is 7.64. The normalized spacial score (nSPS) is 36.9. The van der Waals surface area contributed by atoms with Gasteiger partial charge in [-0.05, 0) is 26.7 Å². The minimum absolute atomic E-state index is 0.124. The summed E-state index contributed by atoms with van der Waals surface area (Å²) in [5, 5.41) is 0. The molecule has 0 aromatic heterocycles. The van der Waals surface area contributed by atoms with Crippen molar-refractivity contribution in [2.75, 3.05) is 39.3 Å². The van der Waals surface area contributed by atoms with Gasteiger partial charge in [-0.3, -0.25) is 9.80 Å². The molecule has 21 heavy (non-hydrogen) atoms. The molecule has 2 atom stereocenters. The zero-order valence-electron chi connectivity index (χ0n) is 12.8. The van der Waals surface area contributed by atoms with Crippen molar-refractivity contribution in [1.29, 1.82) is 0 Å². The Morgan fingerprint density at radius 3 is 2.05 bits per heavy atom. The highest BCUT2D eigenvalue weighted by Gasteiger charge is 2.43. The molecule has 0 spiro atoms. The summed E-state index contributed by atoms with van der Waals surface area (Å²) >= 11 is 0. The van der Waals surface area contributed by atoms with Crippen molar-refractivity contribution in [2.45, 2.75) is 50.6 Å². The zero-order valence-corrected chi connectivity index (χ0v) is 12.8. The van der Waals surface area contributed by atoms with E-state index in [1.807, 2.05) is 13.8 Å². The third-order valence-electron chi connectivity index (χ3n) is 4.63. The topological polar surface area (TPSA) is 41.7 Å². The van der Waals surface area contributed by atoms with Gasteiger partial charge in [-0.15, -0.1) is 0 Å². The maximum absolute atomic E-state index is 12.4. The van der Waals surface area contributed by atoms with Crippen LogP contribution in [-0.4, -0.2) is 73.0 Å². The van der Waals surface area contributed by atoms with Crippen LogP contribution in [0.15, 0.2) is 0 Å². The Bertz CT molecular complexity index is 333. The summed E-state index contributed by atoms with van der Waals surface area (Å²) in [6.07, 6.45) is -2.12. The van der Waals surface area contributed by atoms with E-state index >= 15 is 0 Å². The number of alkyl halides is 3. The molecule has 2 unspecified atom stereocenters. The highest BCUT2D eigenvalue weighted by molar-refractivity contribution is 4.99. The highest BCUT2D eigenvalue weighted by Crippen LogP contribution is 2.34. The monoisotopic (exact) mass is 309 g/mol. The zero-order chi connectivity index (χ0) is 15.7. The predicted octanol–water partition coefficient (Wildman–Crippen LogP) is 1.45. The predicted molar refractivity (Wildman–Crippen MR) is 75.1 cm³/mol. The van der Waals surface area contributed by atoms with Crippen LogP contribution in [0.2, 0.25) is 0 Å². The quantitative estimate of drug-likeness (QED) is 0.857. The van der Waals surface area contributed by atoms with Crippen LogP contribution in [0.5, 0.6) is 0 Å². The average Bonchev–Trinajstić information content (AvgIpc) is 2.36. The molecule has 2 aliphatic rings. The van der Waals surface area contributed by atoms with Crippen molar-refractivity contribution < 1.29 is 17.9 Å². The van der Waals surface area contributed by atoms with Crippen LogP contribution in [-0.2, 0) is 4.74 Å². The Hall–Kier alpha value is -0.370. The van der Waals surface area contributed by atoms with E-state index in [-0.39, 0.29) is 17.7 Å². The van der Waals surface area contributed by atoms with Crippen molar-refractivity contribution in [3.8, 4) is 0 Å². The van der Waals surface area contributed by atoms with Crippen molar-refractivity contribution in [1.82, 2.24) is 9.80 Å². The lowest BCUT2D eigenvalue weighted by atomic mass is 9.82. The van der Waals surface area contributed by atoms with Crippen LogP contribution in [0, 0.1) is 0 Å². The highest BCUT2D eigenvalue weighted by atomic mass is 19.4. The standard InChI is InChI=1S/C14H26F3N3O/c1-11-7-13(9-18,8-12(2)21-11)20-5-3-19(4-6-20)10-14(15,16)17/h11-12H,3-10,18H2,1-2H3. The SMILES string of the molecule is CC1CC(CN)(N2CCN(CC(F)(F)F)CC2)CC(C)O1. The summed E-state index contributed by atoms with van der Waals surface area (Å²) in [5.74, 6) is 0. The van der Waals surface area contributed by atoms with Crippen LogP contribution in [0.4, 0.5) is 13.2 Å². The van der Waals surface area contributed by atoms with Crippen molar-refractivity contribution in [3.05, 3.63) is 0 Å². The summed E-state index contributed by atoms with van der Waals surface area (Å²) in [6, 6.07) is 0. The fourth-order valence-electron chi connectivity index (χ4n) is 3.83. The Morgan fingerprint density at radius 2 is 1.62 bits per heavy atom. The summed E-state index contributed by atoms with van der Waals surface area (Å²) in [6.45, 7) is 5.99. The summed E-state index contributed by atoms with van der Waals surface area (Å²) < 4.78 is 43.1. The number of nitrogens with zero attached hydrogens (tertiary/aromatic N) is 2. The van der Waals surface area contributed by atoms with Gasteiger partial charge in [0.25, 0.3) is 0 Å². The van der Waals surface area contributed by atoms with Gasteiger partial charge in [0, 0.05) is 38.3 Å². The van der Waals surface area contributed by atoms with E-state index in [9.17, 15) is 13.2 Å². The van der Waals surface area contributed by atoms with Crippen LogP contribution in [0.3, 0.4) is 0 Å². The lowest BCUT2D eigenvalue weighted by Crippen LogP contribution is -2.64. The Kier molecular flexibility index (Phi) is 5.18. The third kappa shape index (κ3) is 4.31. The lowest BCUT2D eigenvalue weighted by Gasteiger charge is -2.52. The second-order valence-electron chi connectivity index (χ2n) is 6.47.